The molecular formula is C22H18FN3O2. The third-order valence-electron chi connectivity index (χ3n) is 3.91. The van der Waals surface area contributed by atoms with Crippen molar-refractivity contribution in [2.24, 2.45) is 0 Å². The van der Waals surface area contributed by atoms with Crippen LogP contribution in [-0.4, -0.2) is 16.8 Å². The molecule has 140 valence electrons. The predicted molar refractivity (Wildman–Crippen MR) is 104 cm³/mol. The van der Waals surface area contributed by atoms with E-state index in [4.69, 9.17) is 0 Å². The first-order valence-corrected chi connectivity index (χ1v) is 8.62. The van der Waals surface area contributed by atoms with Crippen LogP contribution in [-0.2, 0) is 11.3 Å². The standard InChI is InChI=1S/C22H18FN3O2/c23-19-8-6-16(7-9-19)14-20(26-21(27)18-4-2-1-3-5-18)22(28)25-15-17-10-12-24-13-11-17/h1-14H,15H2,(H,25,28)(H,26,27)/b20-14+. The molecule has 0 saturated heterocycles. The van der Waals surface area contributed by atoms with Gasteiger partial charge in [-0.1, -0.05) is 30.3 Å². The molecule has 1 heterocycles. The fourth-order valence-corrected chi connectivity index (χ4v) is 2.45. The fourth-order valence-electron chi connectivity index (χ4n) is 2.45. The molecule has 0 aliphatic heterocycles. The van der Waals surface area contributed by atoms with Crippen molar-refractivity contribution in [2.75, 3.05) is 0 Å². The van der Waals surface area contributed by atoms with Crippen LogP contribution in [0, 0.1) is 5.82 Å². The maximum absolute atomic E-state index is 13.1. The van der Waals surface area contributed by atoms with Crippen LogP contribution in [0.15, 0.2) is 84.8 Å². The van der Waals surface area contributed by atoms with E-state index < -0.39 is 11.8 Å². The van der Waals surface area contributed by atoms with E-state index in [-0.39, 0.29) is 18.1 Å². The number of rotatable bonds is 6. The smallest absolute Gasteiger partial charge is 0.268 e. The summed E-state index contributed by atoms with van der Waals surface area (Å²) in [6, 6.07) is 17.8. The van der Waals surface area contributed by atoms with Gasteiger partial charge in [-0.15, -0.1) is 0 Å². The van der Waals surface area contributed by atoms with E-state index in [2.05, 4.69) is 15.6 Å². The van der Waals surface area contributed by atoms with Crippen LogP contribution < -0.4 is 10.6 Å². The zero-order valence-electron chi connectivity index (χ0n) is 14.9. The topological polar surface area (TPSA) is 71.1 Å². The van der Waals surface area contributed by atoms with Crippen LogP contribution in [0.4, 0.5) is 4.39 Å². The Labute approximate surface area is 161 Å². The van der Waals surface area contributed by atoms with E-state index in [9.17, 15) is 14.0 Å². The Hall–Kier alpha value is -3.80. The largest absolute Gasteiger partial charge is 0.347 e. The van der Waals surface area contributed by atoms with Crippen LogP contribution in [0.25, 0.3) is 6.08 Å². The number of nitrogens with one attached hydrogen (secondary N) is 2. The average Bonchev–Trinajstić information content (AvgIpc) is 2.74. The Morgan fingerprint density at radius 3 is 2.29 bits per heavy atom. The first-order chi connectivity index (χ1) is 13.6. The van der Waals surface area contributed by atoms with Gasteiger partial charge in [-0.25, -0.2) is 4.39 Å². The maximum atomic E-state index is 13.1. The molecular weight excluding hydrogens is 357 g/mol. The van der Waals surface area contributed by atoms with E-state index in [0.717, 1.165) is 5.56 Å². The third-order valence-corrected chi connectivity index (χ3v) is 3.91. The summed E-state index contributed by atoms with van der Waals surface area (Å²) in [6.07, 6.45) is 4.77. The number of aromatic nitrogens is 1. The molecule has 0 radical (unpaired) electrons. The van der Waals surface area contributed by atoms with Crippen LogP contribution in [0.2, 0.25) is 0 Å². The number of benzene rings is 2. The Kier molecular flexibility index (Phi) is 6.25. The van der Waals surface area contributed by atoms with Gasteiger partial charge in [0.15, 0.2) is 0 Å². The van der Waals surface area contributed by atoms with Crippen molar-refractivity contribution in [2.45, 2.75) is 6.54 Å². The van der Waals surface area contributed by atoms with Crippen LogP contribution >= 0.6 is 0 Å². The highest BCUT2D eigenvalue weighted by Crippen LogP contribution is 2.09. The van der Waals surface area contributed by atoms with Crippen LogP contribution in [0.1, 0.15) is 21.5 Å². The molecule has 0 unspecified atom stereocenters. The lowest BCUT2D eigenvalue weighted by atomic mass is 10.1. The maximum Gasteiger partial charge on any atom is 0.268 e. The second-order valence-electron chi connectivity index (χ2n) is 5.97. The van der Waals surface area contributed by atoms with Crippen LogP contribution in [0.5, 0.6) is 0 Å². The predicted octanol–water partition coefficient (Wildman–Crippen LogP) is 3.31. The Morgan fingerprint density at radius 1 is 0.929 bits per heavy atom. The lowest BCUT2D eigenvalue weighted by Crippen LogP contribution is -2.34. The first kappa shape index (κ1) is 19.0. The number of hydrogen-bond donors (Lipinski definition) is 2. The van der Waals surface area contributed by atoms with Crippen molar-refractivity contribution in [3.8, 4) is 0 Å². The highest BCUT2D eigenvalue weighted by atomic mass is 19.1. The van der Waals surface area contributed by atoms with Gasteiger partial charge in [0.2, 0.25) is 0 Å². The molecule has 0 spiro atoms. The summed E-state index contributed by atoms with van der Waals surface area (Å²) in [7, 11) is 0. The van der Waals surface area contributed by atoms with Gasteiger partial charge in [-0.3, -0.25) is 14.6 Å². The van der Waals surface area contributed by atoms with E-state index >= 15 is 0 Å². The monoisotopic (exact) mass is 375 g/mol. The van der Waals surface area contributed by atoms with Crippen molar-refractivity contribution in [3.05, 3.63) is 107 Å². The van der Waals surface area contributed by atoms with Gasteiger partial charge in [-0.2, -0.15) is 0 Å². The van der Waals surface area contributed by atoms with Gasteiger partial charge in [0.25, 0.3) is 11.8 Å². The van der Waals surface area contributed by atoms with Crippen molar-refractivity contribution in [1.82, 2.24) is 15.6 Å². The minimum absolute atomic E-state index is 0.0644. The Balaban J connectivity index is 1.80. The van der Waals surface area contributed by atoms with E-state index in [1.54, 1.807) is 54.9 Å². The molecule has 28 heavy (non-hydrogen) atoms. The molecule has 1 aromatic heterocycles. The van der Waals surface area contributed by atoms with Gasteiger partial charge in [0.05, 0.1) is 0 Å². The van der Waals surface area contributed by atoms with E-state index in [0.29, 0.717) is 11.1 Å². The van der Waals surface area contributed by atoms with Crippen molar-refractivity contribution in [1.29, 1.82) is 0 Å². The molecule has 0 fully saturated rings. The van der Waals surface area contributed by atoms with E-state index in [1.807, 2.05) is 0 Å². The molecule has 0 aliphatic carbocycles. The molecule has 0 aliphatic rings. The average molecular weight is 375 g/mol. The summed E-state index contributed by atoms with van der Waals surface area (Å²) < 4.78 is 13.1. The minimum Gasteiger partial charge on any atom is -0.347 e. The highest BCUT2D eigenvalue weighted by molar-refractivity contribution is 6.05. The summed E-state index contributed by atoms with van der Waals surface area (Å²) >= 11 is 0. The van der Waals surface area contributed by atoms with Gasteiger partial charge in [0.1, 0.15) is 11.5 Å². The second kappa shape index (κ2) is 9.23. The van der Waals surface area contributed by atoms with Crippen molar-refractivity contribution in [3.63, 3.8) is 0 Å². The third kappa shape index (κ3) is 5.35. The lowest BCUT2D eigenvalue weighted by molar-refractivity contribution is -0.117. The zero-order valence-corrected chi connectivity index (χ0v) is 14.9. The molecule has 2 aromatic carbocycles. The van der Waals surface area contributed by atoms with Gasteiger partial charge < -0.3 is 10.6 Å². The normalized spacial score (nSPS) is 11.0. The molecule has 2 amide bonds. The molecule has 0 atom stereocenters. The molecule has 3 rings (SSSR count). The molecule has 6 heteroatoms. The van der Waals surface area contributed by atoms with Gasteiger partial charge in [-0.05, 0) is 53.6 Å². The zero-order chi connectivity index (χ0) is 19.8. The molecule has 0 bridgehead atoms. The minimum atomic E-state index is -0.453. The molecule has 0 saturated carbocycles. The number of pyridine rings is 1. The summed E-state index contributed by atoms with van der Waals surface area (Å²) in [4.78, 5) is 29.1. The SMILES string of the molecule is O=C(NCc1ccncc1)/C(=C\c1ccc(F)cc1)NC(=O)c1ccccc1. The summed E-state index contributed by atoms with van der Waals surface area (Å²) in [5, 5.41) is 5.40. The number of carbonyl (C=O) groups is 2. The van der Waals surface area contributed by atoms with Crippen LogP contribution in [0.3, 0.4) is 0 Å². The van der Waals surface area contributed by atoms with Crippen molar-refractivity contribution >= 4 is 17.9 Å². The molecule has 5 nitrogen and oxygen atoms in total. The molecule has 3 aromatic rings. The highest BCUT2D eigenvalue weighted by Gasteiger charge is 2.14. The Morgan fingerprint density at radius 2 is 1.61 bits per heavy atom. The Bertz CT molecular complexity index is 972. The second-order valence-corrected chi connectivity index (χ2v) is 5.97. The summed E-state index contributed by atoms with van der Waals surface area (Å²) in [5.41, 5.74) is 1.95. The van der Waals surface area contributed by atoms with Crippen molar-refractivity contribution < 1.29 is 14.0 Å². The number of nitrogens with zero attached hydrogens (tertiary/aromatic N) is 1. The summed E-state index contributed by atoms with van der Waals surface area (Å²) in [6.45, 7) is 0.281. The summed E-state index contributed by atoms with van der Waals surface area (Å²) in [5.74, 6) is -1.24. The number of amides is 2. The first-order valence-electron chi connectivity index (χ1n) is 8.62. The number of halogens is 1. The lowest BCUT2D eigenvalue weighted by Gasteiger charge is -2.11. The quantitative estimate of drug-likeness (QED) is 0.650. The fraction of sp³-hybridized carbons (Fsp3) is 0.0455. The van der Waals surface area contributed by atoms with Gasteiger partial charge >= 0.3 is 0 Å². The van der Waals surface area contributed by atoms with Gasteiger partial charge in [0, 0.05) is 24.5 Å². The number of hydrogen-bond acceptors (Lipinski definition) is 3. The molecule has 2 N–H and O–H groups in total. The number of carbonyl (C=O) groups excluding carboxylic acids is 2. The van der Waals surface area contributed by atoms with E-state index in [1.165, 1.54) is 30.3 Å².